The molecule has 3 heterocycles. The second-order valence-electron chi connectivity index (χ2n) is 17.6. The minimum absolute atomic E-state index is 0.107. The molecule has 3 aliphatic heterocycles. The highest BCUT2D eigenvalue weighted by atomic mass is 16.7. The Hall–Kier alpha value is -3.44. The fourth-order valence-electron chi connectivity index (χ4n) is 7.97. The fraction of sp³-hybridized carbons (Fsp3) is 0.660. The lowest BCUT2D eigenvalue weighted by molar-refractivity contribution is -0.308. The number of nitrogens with two attached hydrogens (primary N) is 1. The summed E-state index contributed by atoms with van der Waals surface area (Å²) in [6.07, 6.45) is 3.46. The van der Waals surface area contributed by atoms with Crippen LogP contribution in [0.4, 0.5) is 0 Å². The summed E-state index contributed by atoms with van der Waals surface area (Å²) in [5.41, 5.74) is 6.02. The minimum atomic E-state index is -2.33. The van der Waals surface area contributed by atoms with Gasteiger partial charge in [-0.2, -0.15) is 0 Å². The quantitative estimate of drug-likeness (QED) is 0.174. The van der Waals surface area contributed by atoms with Crippen LogP contribution < -0.4 is 5.73 Å². The number of fused-ring (bicyclic) bond motifs is 2. The summed E-state index contributed by atoms with van der Waals surface area (Å²) in [4.78, 5) is 25.1. The monoisotopic (exact) mass is 923 g/mol. The van der Waals surface area contributed by atoms with Gasteiger partial charge in [0.1, 0.15) is 18.1 Å². The first-order valence-corrected chi connectivity index (χ1v) is 22.3. The topological polar surface area (TPSA) is 320 Å². The van der Waals surface area contributed by atoms with Gasteiger partial charge in [-0.25, -0.2) is 0 Å². The van der Waals surface area contributed by atoms with Crippen molar-refractivity contribution in [3.8, 4) is 0 Å². The predicted octanol–water partition coefficient (Wildman–Crippen LogP) is 0.712. The Morgan fingerprint density at radius 2 is 1.23 bits per heavy atom. The van der Waals surface area contributed by atoms with E-state index in [1.807, 2.05) is 19.1 Å². The summed E-state index contributed by atoms with van der Waals surface area (Å²) in [7, 11) is 0. The molecule has 0 aliphatic carbocycles. The molecule has 0 spiro atoms. The number of carbonyl (C=O) groups is 2. The molecule has 0 aromatic carbocycles. The highest BCUT2D eigenvalue weighted by molar-refractivity contribution is 5.71. The third-order valence-corrected chi connectivity index (χ3v) is 12.0. The Morgan fingerprint density at radius 3 is 1.82 bits per heavy atom. The lowest BCUT2D eigenvalue weighted by atomic mass is 9.82. The second kappa shape index (κ2) is 27.4. The summed E-state index contributed by atoms with van der Waals surface area (Å²) in [6, 6.07) is -1.15. The van der Waals surface area contributed by atoms with Gasteiger partial charge in [0.2, 0.25) is 0 Å². The number of hydrogen-bond donors (Lipinski definition) is 12. The van der Waals surface area contributed by atoms with Gasteiger partial charge in [0.05, 0.1) is 79.6 Å². The van der Waals surface area contributed by atoms with Crippen LogP contribution in [0.2, 0.25) is 0 Å². The van der Waals surface area contributed by atoms with Crippen molar-refractivity contribution in [1.29, 1.82) is 0 Å². The molecule has 3 rings (SSSR count). The van der Waals surface area contributed by atoms with E-state index in [1.54, 1.807) is 80.7 Å². The van der Waals surface area contributed by atoms with Crippen molar-refractivity contribution in [2.45, 2.75) is 177 Å². The number of aliphatic hydroxyl groups is 10. The Bertz CT molecular complexity index is 1670. The van der Waals surface area contributed by atoms with Gasteiger partial charge in [-0.15, -0.1) is 0 Å². The molecule has 0 aromatic rings. The zero-order valence-corrected chi connectivity index (χ0v) is 37.6. The van der Waals surface area contributed by atoms with Gasteiger partial charge in [0, 0.05) is 37.5 Å². The smallest absolute Gasteiger partial charge is 0.311 e. The first-order chi connectivity index (χ1) is 30.6. The maximum atomic E-state index is 12.6. The number of carboxylic acid groups (broad SMARTS) is 1. The summed E-state index contributed by atoms with van der Waals surface area (Å²) < 4.78 is 23.1. The van der Waals surface area contributed by atoms with Gasteiger partial charge >= 0.3 is 11.9 Å². The lowest BCUT2D eigenvalue weighted by Crippen LogP contribution is -2.61. The van der Waals surface area contributed by atoms with Crippen LogP contribution in [-0.4, -0.2) is 166 Å². The summed E-state index contributed by atoms with van der Waals surface area (Å²) in [5, 5.41) is 118. The van der Waals surface area contributed by atoms with Crippen molar-refractivity contribution in [3.05, 3.63) is 85.1 Å². The van der Waals surface area contributed by atoms with Gasteiger partial charge in [0.25, 0.3) is 0 Å². The van der Waals surface area contributed by atoms with Crippen LogP contribution in [0, 0.1) is 17.8 Å². The van der Waals surface area contributed by atoms with Crippen molar-refractivity contribution in [1.82, 2.24) is 0 Å². The maximum Gasteiger partial charge on any atom is 0.311 e. The average Bonchev–Trinajstić information content (AvgIpc) is 3.21. The van der Waals surface area contributed by atoms with E-state index >= 15 is 0 Å². The molecule has 368 valence electrons. The van der Waals surface area contributed by atoms with E-state index in [0.717, 1.165) is 0 Å². The lowest BCUT2D eigenvalue weighted by Gasteiger charge is -2.45. The van der Waals surface area contributed by atoms with Gasteiger partial charge in [-0.3, -0.25) is 9.59 Å². The molecular weight excluding hydrogens is 851 g/mol. The summed E-state index contributed by atoms with van der Waals surface area (Å²) >= 11 is 0. The molecule has 2 saturated heterocycles. The molecule has 13 N–H and O–H groups in total. The number of carboxylic acids is 1. The van der Waals surface area contributed by atoms with Crippen LogP contribution in [0.15, 0.2) is 85.1 Å². The average molecular weight is 924 g/mol. The molecule has 19 atom stereocenters. The third kappa shape index (κ3) is 18.6. The molecule has 3 aliphatic rings. The Kier molecular flexibility index (Phi) is 23.6. The highest BCUT2D eigenvalue weighted by Gasteiger charge is 2.51. The third-order valence-electron chi connectivity index (χ3n) is 12.0. The molecule has 18 nitrogen and oxygen atoms in total. The molecule has 0 radical (unpaired) electrons. The molecule has 0 amide bonds. The van der Waals surface area contributed by atoms with Gasteiger partial charge in [-0.05, 0) is 33.1 Å². The number of aliphatic carboxylic acids is 1. The number of rotatable bonds is 3. The van der Waals surface area contributed by atoms with E-state index in [9.17, 15) is 65.8 Å². The Morgan fingerprint density at radius 1 is 0.662 bits per heavy atom. The number of allylic oxidation sites excluding steroid dienone is 12. The van der Waals surface area contributed by atoms with Crippen LogP contribution in [0.25, 0.3) is 0 Å². The van der Waals surface area contributed by atoms with Crippen molar-refractivity contribution in [2.75, 3.05) is 0 Å². The van der Waals surface area contributed by atoms with Crippen molar-refractivity contribution < 1.29 is 84.7 Å². The molecule has 0 saturated carbocycles. The zero-order valence-electron chi connectivity index (χ0n) is 37.6. The number of aliphatic hydroxyl groups excluding tert-OH is 9. The van der Waals surface area contributed by atoms with E-state index in [-0.39, 0.29) is 31.6 Å². The molecule has 0 aromatic heterocycles. The van der Waals surface area contributed by atoms with Gasteiger partial charge in [-0.1, -0.05) is 98.9 Å². The summed E-state index contributed by atoms with van der Waals surface area (Å²) in [5.74, 6) is -6.83. The number of carbonyl (C=O) groups excluding carboxylic acids is 1. The van der Waals surface area contributed by atoms with Gasteiger partial charge < -0.3 is 80.9 Å². The van der Waals surface area contributed by atoms with E-state index < -0.39 is 147 Å². The van der Waals surface area contributed by atoms with E-state index in [1.165, 1.54) is 13.0 Å². The molecule has 2 bridgehead atoms. The first-order valence-electron chi connectivity index (χ1n) is 22.3. The number of esters is 1. The molecule has 12 unspecified atom stereocenters. The standard InChI is InChI=1S/C47H73NO17/c1-27-17-15-13-11-9-7-5-6-8-10-12-14-16-18-34(64-46-44(58)41(48)43(57)30(4)63-46)24-38-40(45(59)60)37(54)26-47(61,65-38)25-33(51)22-36(53)35(52)20-19-31(49)21-32(50)23-39(55)62-29(3)28(2)42(27)56/h5-18,27-38,40-44,46,49-54,56-58,61H,19-26,48H2,1-4H3,(H,59,60)/b6-5+,9-7+,10-8+,13-11+,14-12+,17-15+,18-16+/t27-,28-,29-,30+,31?,32?,33?,34?,35?,36?,37-,38-,40?,41-,42?,43?,44?,46?,47?/m0/s1. The normalized spacial score (nSPS) is 45.5. The maximum absolute atomic E-state index is 12.6. The molecule has 18 heteroatoms. The van der Waals surface area contributed by atoms with Crippen LogP contribution in [0.1, 0.15) is 79.1 Å². The number of cyclic esters (lactones) is 1. The highest BCUT2D eigenvalue weighted by Crippen LogP contribution is 2.38. The van der Waals surface area contributed by atoms with E-state index in [4.69, 9.17) is 24.7 Å². The van der Waals surface area contributed by atoms with Crippen molar-refractivity contribution in [2.24, 2.45) is 23.5 Å². The minimum Gasteiger partial charge on any atom is -0.481 e. The zero-order chi connectivity index (χ0) is 48.4. The van der Waals surface area contributed by atoms with Crippen LogP contribution >= 0.6 is 0 Å². The molecular formula is C47H73NO17. The number of ether oxygens (including phenoxy) is 4. The largest absolute Gasteiger partial charge is 0.481 e. The predicted molar refractivity (Wildman–Crippen MR) is 237 cm³/mol. The molecule has 65 heavy (non-hydrogen) atoms. The van der Waals surface area contributed by atoms with Gasteiger partial charge in [0.15, 0.2) is 12.1 Å². The fourth-order valence-corrected chi connectivity index (χ4v) is 7.97. The molecule has 2 fully saturated rings. The van der Waals surface area contributed by atoms with E-state index in [0.29, 0.717) is 0 Å². The number of hydrogen-bond acceptors (Lipinski definition) is 17. The summed E-state index contributed by atoms with van der Waals surface area (Å²) in [6.45, 7) is 6.74. The first kappa shape index (κ1) is 55.9. The SMILES string of the molecule is C[C@@H]1OC(=O)CC(O)CC(O)CCC(O)C(O)CC(O)CC2(O)C[C@H](O)C(C(=O)O)[C@H](CC(OC3O[C@H](C)C(O)[C@H](N)C3O)/C=C/C=C/C=C/C=C/C=C/C=C/C=C/[C@H](C)C(O)[C@H]1C)O2. The van der Waals surface area contributed by atoms with Crippen LogP contribution in [0.5, 0.6) is 0 Å². The van der Waals surface area contributed by atoms with Crippen molar-refractivity contribution in [3.63, 3.8) is 0 Å². The second-order valence-corrected chi connectivity index (χ2v) is 17.6. The van der Waals surface area contributed by atoms with Crippen molar-refractivity contribution >= 4 is 11.9 Å². The Balaban J connectivity index is 1.86. The van der Waals surface area contributed by atoms with Crippen LogP contribution in [0.3, 0.4) is 0 Å². The Labute approximate surface area is 381 Å². The van der Waals surface area contributed by atoms with E-state index in [2.05, 4.69) is 0 Å². The van der Waals surface area contributed by atoms with Crippen LogP contribution in [-0.2, 0) is 28.5 Å².